The third-order valence-electron chi connectivity index (χ3n) is 2.30. The molecule has 1 aromatic heterocycles. The largest absolute Gasteiger partial charge is 0.391 e. The molecule has 0 spiro atoms. The smallest absolute Gasteiger partial charge is 0.0761 e. The summed E-state index contributed by atoms with van der Waals surface area (Å²) in [5, 5.41) is 16.9. The van der Waals surface area contributed by atoms with Gasteiger partial charge in [-0.25, -0.2) is 0 Å². The number of rotatable bonds is 1. The zero-order valence-electron chi connectivity index (χ0n) is 7.07. The van der Waals surface area contributed by atoms with Gasteiger partial charge in [-0.05, 0) is 6.07 Å². The maximum absolute atomic E-state index is 9.54. The SMILES string of the molecule is Cn1ccc(C2CNCC2O)n1. The molecule has 0 aliphatic carbocycles. The predicted molar refractivity (Wildman–Crippen MR) is 44.8 cm³/mol. The number of aryl methyl sites for hydroxylation is 1. The minimum Gasteiger partial charge on any atom is -0.391 e. The molecule has 2 N–H and O–H groups in total. The van der Waals surface area contributed by atoms with Gasteiger partial charge in [0.15, 0.2) is 0 Å². The van der Waals surface area contributed by atoms with Gasteiger partial charge in [-0.3, -0.25) is 4.68 Å². The maximum Gasteiger partial charge on any atom is 0.0761 e. The lowest BCUT2D eigenvalue weighted by molar-refractivity contribution is 0.176. The van der Waals surface area contributed by atoms with Gasteiger partial charge in [0.25, 0.3) is 0 Å². The van der Waals surface area contributed by atoms with Gasteiger partial charge >= 0.3 is 0 Å². The van der Waals surface area contributed by atoms with Crippen LogP contribution in [-0.4, -0.2) is 34.1 Å². The van der Waals surface area contributed by atoms with E-state index in [-0.39, 0.29) is 12.0 Å². The van der Waals surface area contributed by atoms with Gasteiger partial charge in [0.2, 0.25) is 0 Å². The Morgan fingerprint density at radius 2 is 2.50 bits per heavy atom. The fourth-order valence-electron chi connectivity index (χ4n) is 1.60. The summed E-state index contributed by atoms with van der Waals surface area (Å²) in [5.41, 5.74) is 0.981. The molecule has 1 aliphatic heterocycles. The molecule has 4 heteroatoms. The van der Waals surface area contributed by atoms with Gasteiger partial charge in [0, 0.05) is 32.3 Å². The molecule has 0 saturated carbocycles. The van der Waals surface area contributed by atoms with E-state index in [1.54, 1.807) is 4.68 Å². The molecule has 0 aromatic carbocycles. The third kappa shape index (κ3) is 1.23. The van der Waals surface area contributed by atoms with Gasteiger partial charge in [-0.1, -0.05) is 0 Å². The van der Waals surface area contributed by atoms with Crippen molar-refractivity contribution in [2.75, 3.05) is 13.1 Å². The summed E-state index contributed by atoms with van der Waals surface area (Å²) in [6, 6.07) is 1.96. The average Bonchev–Trinajstić information content (AvgIpc) is 2.58. The fourth-order valence-corrected chi connectivity index (χ4v) is 1.60. The van der Waals surface area contributed by atoms with Crippen molar-refractivity contribution in [1.29, 1.82) is 0 Å². The van der Waals surface area contributed by atoms with E-state index in [0.29, 0.717) is 6.54 Å². The van der Waals surface area contributed by atoms with Crippen molar-refractivity contribution in [2.24, 2.45) is 7.05 Å². The zero-order valence-corrected chi connectivity index (χ0v) is 7.07. The van der Waals surface area contributed by atoms with Crippen LogP contribution in [0.2, 0.25) is 0 Å². The van der Waals surface area contributed by atoms with Crippen LogP contribution in [0.4, 0.5) is 0 Å². The molecular weight excluding hydrogens is 154 g/mol. The van der Waals surface area contributed by atoms with E-state index in [1.807, 2.05) is 19.3 Å². The Morgan fingerprint density at radius 3 is 3.00 bits per heavy atom. The van der Waals surface area contributed by atoms with E-state index in [9.17, 15) is 5.11 Å². The molecule has 0 amide bonds. The number of nitrogens with one attached hydrogen (secondary N) is 1. The van der Waals surface area contributed by atoms with Crippen LogP contribution in [-0.2, 0) is 7.05 Å². The lowest BCUT2D eigenvalue weighted by Gasteiger charge is -2.08. The van der Waals surface area contributed by atoms with Crippen molar-refractivity contribution in [3.8, 4) is 0 Å². The van der Waals surface area contributed by atoms with Crippen molar-refractivity contribution < 1.29 is 5.11 Å². The van der Waals surface area contributed by atoms with Crippen molar-refractivity contribution >= 4 is 0 Å². The lowest BCUT2D eigenvalue weighted by atomic mass is 10.0. The number of aliphatic hydroxyl groups excluding tert-OH is 1. The number of aliphatic hydroxyl groups is 1. The molecule has 2 heterocycles. The Hall–Kier alpha value is -0.870. The summed E-state index contributed by atoms with van der Waals surface area (Å²) < 4.78 is 1.76. The molecule has 2 atom stereocenters. The normalized spacial score (nSPS) is 29.5. The highest BCUT2D eigenvalue weighted by molar-refractivity contribution is 5.11. The first-order chi connectivity index (χ1) is 5.77. The van der Waals surface area contributed by atoms with E-state index in [4.69, 9.17) is 0 Å². The van der Waals surface area contributed by atoms with E-state index < -0.39 is 0 Å². The van der Waals surface area contributed by atoms with E-state index in [0.717, 1.165) is 12.2 Å². The summed E-state index contributed by atoms with van der Waals surface area (Å²) in [7, 11) is 1.89. The Morgan fingerprint density at radius 1 is 1.67 bits per heavy atom. The highest BCUT2D eigenvalue weighted by Crippen LogP contribution is 2.20. The minimum absolute atomic E-state index is 0.172. The van der Waals surface area contributed by atoms with Gasteiger partial charge in [0.1, 0.15) is 0 Å². The third-order valence-corrected chi connectivity index (χ3v) is 2.30. The van der Waals surface area contributed by atoms with Gasteiger partial charge in [0.05, 0.1) is 11.8 Å². The second kappa shape index (κ2) is 2.88. The Balaban J connectivity index is 2.19. The summed E-state index contributed by atoms with van der Waals surface area (Å²) in [5.74, 6) is 0.172. The predicted octanol–water partition coefficient (Wildman–Crippen LogP) is -0.532. The standard InChI is InChI=1S/C8H13N3O/c1-11-3-2-7(10-11)6-4-9-5-8(6)12/h2-3,6,8-9,12H,4-5H2,1H3. The summed E-state index contributed by atoms with van der Waals surface area (Å²) in [6.45, 7) is 1.51. The molecule has 1 saturated heterocycles. The molecular formula is C8H13N3O. The molecule has 66 valence electrons. The zero-order chi connectivity index (χ0) is 8.55. The molecule has 4 nitrogen and oxygen atoms in total. The number of nitrogens with zero attached hydrogens (tertiary/aromatic N) is 2. The Labute approximate surface area is 71.2 Å². The lowest BCUT2D eigenvalue weighted by Crippen LogP contribution is -2.16. The van der Waals surface area contributed by atoms with E-state index >= 15 is 0 Å². The molecule has 2 rings (SSSR count). The van der Waals surface area contributed by atoms with Crippen LogP contribution in [0.1, 0.15) is 11.6 Å². The first-order valence-corrected chi connectivity index (χ1v) is 4.15. The van der Waals surface area contributed by atoms with Crippen LogP contribution in [0, 0.1) is 0 Å². The minimum atomic E-state index is -0.278. The topological polar surface area (TPSA) is 50.1 Å². The van der Waals surface area contributed by atoms with Crippen molar-refractivity contribution in [2.45, 2.75) is 12.0 Å². The number of β-amino-alcohol motifs (C(OH)–C–C–N with tert-alkyl or cyclic N) is 1. The van der Waals surface area contributed by atoms with Crippen LogP contribution in [0.15, 0.2) is 12.3 Å². The summed E-state index contributed by atoms with van der Waals surface area (Å²) >= 11 is 0. The van der Waals surface area contributed by atoms with Gasteiger partial charge in [-0.15, -0.1) is 0 Å². The second-order valence-corrected chi connectivity index (χ2v) is 3.25. The van der Waals surface area contributed by atoms with Crippen molar-refractivity contribution in [3.05, 3.63) is 18.0 Å². The fraction of sp³-hybridized carbons (Fsp3) is 0.625. The monoisotopic (exact) mass is 167 g/mol. The second-order valence-electron chi connectivity index (χ2n) is 3.25. The summed E-state index contributed by atoms with van der Waals surface area (Å²) in [4.78, 5) is 0. The first kappa shape index (κ1) is 7.76. The first-order valence-electron chi connectivity index (χ1n) is 4.15. The summed E-state index contributed by atoms with van der Waals surface area (Å²) in [6.07, 6.45) is 1.63. The van der Waals surface area contributed by atoms with Crippen LogP contribution in [0.3, 0.4) is 0 Å². The van der Waals surface area contributed by atoms with Crippen LogP contribution < -0.4 is 5.32 Å². The highest BCUT2D eigenvalue weighted by atomic mass is 16.3. The quantitative estimate of drug-likeness (QED) is 0.591. The van der Waals surface area contributed by atoms with Crippen LogP contribution in [0.25, 0.3) is 0 Å². The van der Waals surface area contributed by atoms with E-state index in [2.05, 4.69) is 10.4 Å². The molecule has 12 heavy (non-hydrogen) atoms. The molecule has 1 fully saturated rings. The van der Waals surface area contributed by atoms with Crippen molar-refractivity contribution in [3.63, 3.8) is 0 Å². The molecule has 1 aromatic rings. The van der Waals surface area contributed by atoms with Crippen molar-refractivity contribution in [1.82, 2.24) is 15.1 Å². The Bertz CT molecular complexity index is 271. The maximum atomic E-state index is 9.54. The molecule has 0 bridgehead atoms. The van der Waals surface area contributed by atoms with E-state index in [1.165, 1.54) is 0 Å². The molecule has 0 radical (unpaired) electrons. The number of hydrogen-bond acceptors (Lipinski definition) is 3. The number of hydrogen-bond donors (Lipinski definition) is 2. The van der Waals surface area contributed by atoms with Crippen LogP contribution in [0.5, 0.6) is 0 Å². The van der Waals surface area contributed by atoms with Crippen LogP contribution >= 0.6 is 0 Å². The molecule has 1 aliphatic rings. The average molecular weight is 167 g/mol. The molecule has 2 unspecified atom stereocenters. The Kier molecular flexibility index (Phi) is 1.86. The van der Waals surface area contributed by atoms with Gasteiger partial charge in [-0.2, -0.15) is 5.10 Å². The van der Waals surface area contributed by atoms with Gasteiger partial charge < -0.3 is 10.4 Å². The highest BCUT2D eigenvalue weighted by Gasteiger charge is 2.27. The number of aromatic nitrogens is 2.